The van der Waals surface area contributed by atoms with Crippen molar-refractivity contribution in [1.82, 2.24) is 5.16 Å². The summed E-state index contributed by atoms with van der Waals surface area (Å²) in [6, 6.07) is 4.68. The predicted octanol–water partition coefficient (Wildman–Crippen LogP) is 2.99. The number of nitrogens with zero attached hydrogens (tertiary/aromatic N) is 1. The molecule has 1 heterocycles. The van der Waals surface area contributed by atoms with Crippen LogP contribution < -0.4 is 0 Å². The molecule has 0 radical (unpaired) electrons. The molecule has 18 heavy (non-hydrogen) atoms. The molecule has 0 aliphatic rings. The number of aliphatic hydroxyl groups is 1. The molecule has 0 amide bonds. The maximum Gasteiger partial charge on any atom is 0.452 e. The quantitative estimate of drug-likeness (QED) is 0.845. The van der Waals surface area contributed by atoms with E-state index < -0.39 is 29.9 Å². The van der Waals surface area contributed by atoms with Crippen LogP contribution in [0.1, 0.15) is 11.3 Å². The summed E-state index contributed by atoms with van der Waals surface area (Å²) in [6.45, 7) is -0.870. The molecule has 3 nitrogen and oxygen atoms in total. The SMILES string of the molecule is OCc1c(-c2ccc(F)cc2)noc1C(F)(F)F. The fourth-order valence-electron chi connectivity index (χ4n) is 1.51. The first kappa shape index (κ1) is 12.6. The van der Waals surface area contributed by atoms with Gasteiger partial charge in [-0.15, -0.1) is 0 Å². The third-order valence-corrected chi connectivity index (χ3v) is 2.32. The monoisotopic (exact) mass is 261 g/mol. The topological polar surface area (TPSA) is 46.3 Å². The summed E-state index contributed by atoms with van der Waals surface area (Å²) in [5, 5.41) is 12.3. The Kier molecular flexibility index (Phi) is 3.08. The largest absolute Gasteiger partial charge is 0.452 e. The third-order valence-electron chi connectivity index (χ3n) is 2.32. The molecule has 7 heteroatoms. The molecular formula is C11H7F4NO2. The normalized spacial score (nSPS) is 11.8. The zero-order valence-electron chi connectivity index (χ0n) is 8.83. The van der Waals surface area contributed by atoms with Crippen molar-refractivity contribution >= 4 is 0 Å². The molecule has 0 fully saturated rings. The molecule has 2 aromatic rings. The second-order valence-corrected chi connectivity index (χ2v) is 3.50. The third kappa shape index (κ3) is 2.21. The van der Waals surface area contributed by atoms with E-state index in [4.69, 9.17) is 5.11 Å². The van der Waals surface area contributed by atoms with Gasteiger partial charge in [-0.1, -0.05) is 5.16 Å². The molecule has 0 aliphatic heterocycles. The number of rotatable bonds is 2. The fourth-order valence-corrected chi connectivity index (χ4v) is 1.51. The predicted molar refractivity (Wildman–Crippen MR) is 52.8 cm³/mol. The molecule has 0 bridgehead atoms. The second kappa shape index (κ2) is 4.41. The summed E-state index contributed by atoms with van der Waals surface area (Å²) in [4.78, 5) is 0. The van der Waals surface area contributed by atoms with E-state index in [2.05, 4.69) is 9.68 Å². The Morgan fingerprint density at radius 3 is 2.28 bits per heavy atom. The van der Waals surface area contributed by atoms with Gasteiger partial charge in [0.1, 0.15) is 11.5 Å². The van der Waals surface area contributed by atoms with Crippen LogP contribution in [0.5, 0.6) is 0 Å². The number of halogens is 4. The Bertz CT molecular complexity index is 545. The van der Waals surface area contributed by atoms with E-state index in [1.165, 1.54) is 12.1 Å². The smallest absolute Gasteiger partial charge is 0.391 e. The van der Waals surface area contributed by atoms with Gasteiger partial charge in [-0.2, -0.15) is 13.2 Å². The summed E-state index contributed by atoms with van der Waals surface area (Å²) < 4.78 is 54.5. The molecule has 0 spiro atoms. The number of hydrogen-bond donors (Lipinski definition) is 1. The number of alkyl halides is 3. The van der Waals surface area contributed by atoms with Crippen molar-refractivity contribution in [2.24, 2.45) is 0 Å². The van der Waals surface area contributed by atoms with Gasteiger partial charge in [0, 0.05) is 5.56 Å². The first-order valence-electron chi connectivity index (χ1n) is 4.86. The molecule has 0 saturated carbocycles. The van der Waals surface area contributed by atoms with Gasteiger partial charge in [-0.25, -0.2) is 4.39 Å². The lowest BCUT2D eigenvalue weighted by atomic mass is 10.1. The number of benzene rings is 1. The van der Waals surface area contributed by atoms with E-state index in [9.17, 15) is 17.6 Å². The van der Waals surface area contributed by atoms with Crippen molar-refractivity contribution in [1.29, 1.82) is 0 Å². The average molecular weight is 261 g/mol. The Hall–Kier alpha value is -1.89. The summed E-state index contributed by atoms with van der Waals surface area (Å²) in [5.74, 6) is -1.87. The van der Waals surface area contributed by atoms with Crippen molar-refractivity contribution in [2.75, 3.05) is 0 Å². The molecule has 96 valence electrons. The lowest BCUT2D eigenvalue weighted by molar-refractivity contribution is -0.156. The molecule has 2 rings (SSSR count). The van der Waals surface area contributed by atoms with Crippen molar-refractivity contribution in [3.8, 4) is 11.3 Å². The van der Waals surface area contributed by atoms with E-state index >= 15 is 0 Å². The van der Waals surface area contributed by atoms with Crippen molar-refractivity contribution in [3.05, 3.63) is 41.4 Å². The molecule has 0 unspecified atom stereocenters. The Labute approximate surface area is 98.6 Å². The van der Waals surface area contributed by atoms with Gasteiger partial charge in [-0.05, 0) is 24.3 Å². The van der Waals surface area contributed by atoms with Crippen LogP contribution in [0, 0.1) is 5.82 Å². The standard InChI is InChI=1S/C11H7F4NO2/c12-7-3-1-6(2-4-7)9-8(5-17)10(18-16-9)11(13,14)15/h1-4,17H,5H2. The molecule has 1 N–H and O–H groups in total. The van der Waals surface area contributed by atoms with E-state index in [0.717, 1.165) is 12.1 Å². The van der Waals surface area contributed by atoms with Gasteiger partial charge < -0.3 is 9.63 Å². The Balaban J connectivity index is 2.52. The van der Waals surface area contributed by atoms with Crippen LogP contribution >= 0.6 is 0 Å². The fraction of sp³-hybridized carbons (Fsp3) is 0.182. The summed E-state index contributed by atoms with van der Waals surface area (Å²) >= 11 is 0. The zero-order valence-corrected chi connectivity index (χ0v) is 8.83. The minimum absolute atomic E-state index is 0.148. The zero-order chi connectivity index (χ0) is 13.3. The molecule has 1 aromatic carbocycles. The highest BCUT2D eigenvalue weighted by molar-refractivity contribution is 5.63. The minimum atomic E-state index is -4.73. The van der Waals surface area contributed by atoms with E-state index in [1.54, 1.807) is 0 Å². The molecule has 0 saturated heterocycles. The lowest BCUT2D eigenvalue weighted by Crippen LogP contribution is -2.07. The van der Waals surface area contributed by atoms with E-state index in [1.807, 2.05) is 0 Å². The van der Waals surface area contributed by atoms with Crippen molar-refractivity contribution in [2.45, 2.75) is 12.8 Å². The molecule has 1 aromatic heterocycles. The van der Waals surface area contributed by atoms with E-state index in [0.29, 0.717) is 0 Å². The number of aromatic nitrogens is 1. The van der Waals surface area contributed by atoms with Crippen LogP contribution in [-0.4, -0.2) is 10.3 Å². The summed E-state index contributed by atoms with van der Waals surface area (Å²) in [5.41, 5.74) is -0.376. The second-order valence-electron chi connectivity index (χ2n) is 3.50. The summed E-state index contributed by atoms with van der Waals surface area (Å²) in [7, 11) is 0. The highest BCUT2D eigenvalue weighted by atomic mass is 19.4. The average Bonchev–Trinajstić information content (AvgIpc) is 2.73. The Morgan fingerprint density at radius 1 is 1.17 bits per heavy atom. The molecular weight excluding hydrogens is 254 g/mol. The van der Waals surface area contributed by atoms with Crippen LogP contribution in [0.2, 0.25) is 0 Å². The van der Waals surface area contributed by atoms with Gasteiger partial charge in [0.15, 0.2) is 0 Å². The van der Waals surface area contributed by atoms with Gasteiger partial charge in [0.2, 0.25) is 5.76 Å². The Morgan fingerprint density at radius 2 is 1.78 bits per heavy atom. The highest BCUT2D eigenvalue weighted by Crippen LogP contribution is 2.36. The summed E-state index contributed by atoms with van der Waals surface area (Å²) in [6.07, 6.45) is -4.73. The maximum absolute atomic E-state index is 12.7. The van der Waals surface area contributed by atoms with Gasteiger partial charge >= 0.3 is 6.18 Å². The molecule has 0 atom stereocenters. The van der Waals surface area contributed by atoms with Crippen molar-refractivity contribution in [3.63, 3.8) is 0 Å². The van der Waals surface area contributed by atoms with Gasteiger partial charge in [0.05, 0.1) is 12.2 Å². The first-order valence-corrected chi connectivity index (χ1v) is 4.86. The van der Waals surface area contributed by atoms with Crippen LogP contribution in [0.15, 0.2) is 28.8 Å². The highest BCUT2D eigenvalue weighted by Gasteiger charge is 2.40. The van der Waals surface area contributed by atoms with Crippen LogP contribution in [0.3, 0.4) is 0 Å². The number of aliphatic hydroxyl groups excluding tert-OH is 1. The number of hydrogen-bond acceptors (Lipinski definition) is 3. The van der Waals surface area contributed by atoms with Crippen LogP contribution in [-0.2, 0) is 12.8 Å². The molecule has 0 aliphatic carbocycles. The van der Waals surface area contributed by atoms with Crippen LogP contribution in [0.25, 0.3) is 11.3 Å². The first-order chi connectivity index (χ1) is 8.43. The van der Waals surface area contributed by atoms with Gasteiger partial charge in [-0.3, -0.25) is 0 Å². The van der Waals surface area contributed by atoms with Gasteiger partial charge in [0.25, 0.3) is 0 Å². The van der Waals surface area contributed by atoms with Crippen LogP contribution in [0.4, 0.5) is 17.6 Å². The van der Waals surface area contributed by atoms with E-state index in [-0.39, 0.29) is 11.3 Å². The van der Waals surface area contributed by atoms with Crippen molar-refractivity contribution < 1.29 is 27.2 Å². The lowest BCUT2D eigenvalue weighted by Gasteiger charge is -2.03. The maximum atomic E-state index is 12.7. The minimum Gasteiger partial charge on any atom is -0.391 e.